The van der Waals surface area contributed by atoms with Gasteiger partial charge in [0.15, 0.2) is 8.32 Å². The van der Waals surface area contributed by atoms with Gasteiger partial charge >= 0.3 is 0 Å². The first kappa shape index (κ1) is 12.7. The zero-order valence-electron chi connectivity index (χ0n) is 9.77. The van der Waals surface area contributed by atoms with Crippen LogP contribution in [0.1, 0.15) is 34.1 Å². The molecule has 2 heteroatoms. The largest absolute Gasteiger partial charge is 0.413 e. The fourth-order valence-corrected chi connectivity index (χ4v) is 2.33. The highest BCUT2D eigenvalue weighted by Crippen LogP contribution is 2.37. The van der Waals surface area contributed by atoms with Gasteiger partial charge in [0, 0.05) is 6.42 Å². The Bertz CT molecular complexity index is 195. The average Bonchev–Trinajstić information content (AvgIpc) is 1.83. The van der Waals surface area contributed by atoms with Crippen LogP contribution in [0.2, 0.25) is 18.1 Å². The molecule has 1 atom stereocenters. The summed E-state index contributed by atoms with van der Waals surface area (Å²) in [5.41, 5.74) is 0. The van der Waals surface area contributed by atoms with E-state index in [1.807, 2.05) is 0 Å². The van der Waals surface area contributed by atoms with Crippen molar-refractivity contribution < 1.29 is 4.43 Å². The van der Waals surface area contributed by atoms with Crippen LogP contribution in [0.5, 0.6) is 0 Å². The number of hydrogen-bond acceptors (Lipinski definition) is 1. The Labute approximate surface area is 84.0 Å². The highest BCUT2D eigenvalue weighted by molar-refractivity contribution is 6.74. The van der Waals surface area contributed by atoms with Crippen molar-refractivity contribution in [3.8, 4) is 12.3 Å². The topological polar surface area (TPSA) is 9.23 Å². The van der Waals surface area contributed by atoms with Gasteiger partial charge in [0.25, 0.3) is 0 Å². The lowest BCUT2D eigenvalue weighted by atomic mass is 10.2. The predicted molar refractivity (Wildman–Crippen MR) is 61.2 cm³/mol. The highest BCUT2D eigenvalue weighted by Gasteiger charge is 2.38. The van der Waals surface area contributed by atoms with E-state index < -0.39 is 8.32 Å². The van der Waals surface area contributed by atoms with Gasteiger partial charge in [-0.2, -0.15) is 0 Å². The molecule has 0 aliphatic carbocycles. The molecule has 0 saturated carbocycles. The molecule has 0 aromatic heterocycles. The third-order valence-corrected chi connectivity index (χ3v) is 7.31. The molecule has 0 radical (unpaired) electrons. The molecule has 0 saturated heterocycles. The van der Waals surface area contributed by atoms with E-state index in [9.17, 15) is 0 Å². The molecule has 0 spiro atoms. The molecule has 76 valence electrons. The lowest BCUT2D eigenvalue weighted by Gasteiger charge is -2.38. The van der Waals surface area contributed by atoms with Crippen molar-refractivity contribution in [1.29, 1.82) is 0 Å². The standard InChI is InChI=1S/C11H22OSi/c1-8-9-10(2)12-13(6,7)11(3,4)5/h1,10H,9H2,2-7H3/t10-/m0/s1. The van der Waals surface area contributed by atoms with E-state index in [1.165, 1.54) is 0 Å². The van der Waals surface area contributed by atoms with E-state index in [4.69, 9.17) is 10.8 Å². The van der Waals surface area contributed by atoms with Crippen LogP contribution >= 0.6 is 0 Å². The molecule has 0 aliphatic heterocycles. The van der Waals surface area contributed by atoms with Gasteiger partial charge < -0.3 is 4.43 Å². The molecule has 0 fully saturated rings. The van der Waals surface area contributed by atoms with E-state index in [2.05, 4.69) is 46.7 Å². The first-order chi connectivity index (χ1) is 5.70. The summed E-state index contributed by atoms with van der Waals surface area (Å²) in [7, 11) is -1.60. The van der Waals surface area contributed by atoms with Crippen molar-refractivity contribution in [1.82, 2.24) is 0 Å². The Morgan fingerprint density at radius 2 is 1.85 bits per heavy atom. The first-order valence-corrected chi connectivity index (χ1v) is 7.73. The minimum absolute atomic E-state index is 0.200. The van der Waals surface area contributed by atoms with Gasteiger partial charge in [0.1, 0.15) is 0 Å². The second-order valence-electron chi connectivity index (χ2n) is 5.10. The molecule has 0 aliphatic rings. The second kappa shape index (κ2) is 4.30. The maximum absolute atomic E-state index is 6.04. The van der Waals surface area contributed by atoms with Crippen LogP contribution in [0.4, 0.5) is 0 Å². The Kier molecular flexibility index (Phi) is 4.21. The van der Waals surface area contributed by atoms with Crippen molar-refractivity contribution in [2.45, 2.75) is 58.4 Å². The zero-order valence-corrected chi connectivity index (χ0v) is 10.8. The molecular weight excluding hydrogens is 176 g/mol. The fourth-order valence-electron chi connectivity index (χ4n) is 0.887. The molecule has 0 rings (SSSR count). The van der Waals surface area contributed by atoms with Crippen LogP contribution in [0.3, 0.4) is 0 Å². The summed E-state index contributed by atoms with van der Waals surface area (Å²) in [5.74, 6) is 2.64. The minimum Gasteiger partial charge on any atom is -0.413 e. The molecule has 0 N–H and O–H groups in total. The van der Waals surface area contributed by atoms with Crippen molar-refractivity contribution in [2.24, 2.45) is 0 Å². The van der Waals surface area contributed by atoms with Gasteiger partial charge in [-0.05, 0) is 25.1 Å². The maximum Gasteiger partial charge on any atom is 0.192 e. The van der Waals surface area contributed by atoms with E-state index >= 15 is 0 Å². The zero-order chi connectivity index (χ0) is 10.7. The van der Waals surface area contributed by atoms with Crippen LogP contribution in [0.15, 0.2) is 0 Å². The quantitative estimate of drug-likeness (QED) is 0.499. The van der Waals surface area contributed by atoms with Gasteiger partial charge in [0.05, 0.1) is 6.10 Å². The van der Waals surface area contributed by atoms with Crippen LogP contribution in [-0.4, -0.2) is 14.4 Å². The maximum atomic E-state index is 6.04. The highest BCUT2D eigenvalue weighted by atomic mass is 28.4. The van der Waals surface area contributed by atoms with Crippen LogP contribution in [0, 0.1) is 12.3 Å². The van der Waals surface area contributed by atoms with Gasteiger partial charge in [-0.1, -0.05) is 20.8 Å². The molecule has 0 aromatic rings. The summed E-state index contributed by atoms with van der Waals surface area (Å²) in [6.45, 7) is 13.3. The molecule has 0 aromatic carbocycles. The van der Waals surface area contributed by atoms with E-state index in [-0.39, 0.29) is 11.1 Å². The van der Waals surface area contributed by atoms with Gasteiger partial charge in [0.2, 0.25) is 0 Å². The summed E-state index contributed by atoms with van der Waals surface area (Å²) in [4.78, 5) is 0. The summed E-state index contributed by atoms with van der Waals surface area (Å²) in [6, 6.07) is 0. The number of rotatable bonds is 3. The average molecular weight is 198 g/mol. The minimum atomic E-state index is -1.60. The summed E-state index contributed by atoms with van der Waals surface area (Å²) >= 11 is 0. The molecular formula is C11H22OSi. The van der Waals surface area contributed by atoms with Gasteiger partial charge in [-0.15, -0.1) is 12.3 Å². The number of terminal acetylenes is 1. The Morgan fingerprint density at radius 1 is 1.38 bits per heavy atom. The third kappa shape index (κ3) is 3.97. The third-order valence-electron chi connectivity index (χ3n) is 2.71. The SMILES string of the molecule is C#CC[C@H](C)O[Si](C)(C)C(C)(C)C. The molecule has 0 unspecified atom stereocenters. The predicted octanol–water partition coefficient (Wildman–Crippen LogP) is 3.42. The summed E-state index contributed by atoms with van der Waals surface area (Å²) in [6.07, 6.45) is 6.16. The van der Waals surface area contributed by atoms with Crippen molar-refractivity contribution in [3.63, 3.8) is 0 Å². The lowest BCUT2D eigenvalue weighted by molar-refractivity contribution is 0.204. The van der Waals surface area contributed by atoms with Gasteiger partial charge in [-0.3, -0.25) is 0 Å². The second-order valence-corrected chi connectivity index (χ2v) is 9.85. The molecule has 1 nitrogen and oxygen atoms in total. The van der Waals surface area contributed by atoms with Crippen molar-refractivity contribution in [2.75, 3.05) is 0 Å². The summed E-state index contributed by atoms with van der Waals surface area (Å²) in [5, 5.41) is 0.274. The van der Waals surface area contributed by atoms with E-state index in [0.29, 0.717) is 6.42 Å². The first-order valence-electron chi connectivity index (χ1n) is 4.82. The molecule has 0 amide bonds. The Morgan fingerprint density at radius 3 is 2.15 bits per heavy atom. The molecule has 0 heterocycles. The molecule has 0 bridgehead atoms. The van der Waals surface area contributed by atoms with Crippen molar-refractivity contribution in [3.05, 3.63) is 0 Å². The van der Waals surface area contributed by atoms with Crippen molar-refractivity contribution >= 4 is 8.32 Å². The van der Waals surface area contributed by atoms with E-state index in [1.54, 1.807) is 0 Å². The fraction of sp³-hybridized carbons (Fsp3) is 0.818. The smallest absolute Gasteiger partial charge is 0.192 e. The summed E-state index contributed by atoms with van der Waals surface area (Å²) < 4.78 is 6.04. The lowest BCUT2D eigenvalue weighted by Crippen LogP contribution is -2.43. The van der Waals surface area contributed by atoms with Crippen LogP contribution < -0.4 is 0 Å². The number of hydrogen-bond donors (Lipinski definition) is 0. The van der Waals surface area contributed by atoms with Crippen LogP contribution in [-0.2, 0) is 4.43 Å². The molecule has 13 heavy (non-hydrogen) atoms. The Hall–Kier alpha value is -0.263. The monoisotopic (exact) mass is 198 g/mol. The normalized spacial score (nSPS) is 15.2. The van der Waals surface area contributed by atoms with Crippen LogP contribution in [0.25, 0.3) is 0 Å². The van der Waals surface area contributed by atoms with Gasteiger partial charge in [-0.25, -0.2) is 0 Å². The Balaban J connectivity index is 4.27. The van der Waals surface area contributed by atoms with E-state index in [0.717, 1.165) is 0 Å².